The molecule has 0 spiro atoms. The molecule has 0 aliphatic carbocycles. The number of nitrogen functional groups attached to an aromatic ring is 1. The Morgan fingerprint density at radius 2 is 1.96 bits per heavy atom. The Bertz CT molecular complexity index is 896. The average molecular weight is 395 g/mol. The van der Waals surface area contributed by atoms with Gasteiger partial charge in [0.15, 0.2) is 0 Å². The molecule has 1 aliphatic rings. The molecule has 0 atom stereocenters. The van der Waals surface area contributed by atoms with Gasteiger partial charge in [-0.15, -0.1) is 0 Å². The van der Waals surface area contributed by atoms with Crippen molar-refractivity contribution in [1.29, 1.82) is 5.26 Å². The zero-order valence-electron chi connectivity index (χ0n) is 15.6. The predicted octanol–water partition coefficient (Wildman–Crippen LogP) is 4.22. The molecule has 1 heterocycles. The third kappa shape index (κ3) is 5.28. The summed E-state index contributed by atoms with van der Waals surface area (Å²) in [5, 5.41) is 12.5. The number of anilines is 2. The van der Waals surface area contributed by atoms with Crippen molar-refractivity contribution in [1.82, 2.24) is 4.90 Å². The first-order valence-electron chi connectivity index (χ1n) is 9.31. The lowest BCUT2D eigenvalue weighted by Crippen LogP contribution is -2.31. The van der Waals surface area contributed by atoms with Crippen molar-refractivity contribution >= 4 is 28.9 Å². The molecule has 144 valence electrons. The summed E-state index contributed by atoms with van der Waals surface area (Å²) in [4.78, 5) is 14.5. The highest BCUT2D eigenvalue weighted by molar-refractivity contribution is 6.33. The molecule has 28 heavy (non-hydrogen) atoms. The maximum Gasteiger partial charge on any atom is 0.267 e. The molecule has 3 N–H and O–H groups in total. The van der Waals surface area contributed by atoms with E-state index < -0.39 is 5.91 Å². The number of halogens is 1. The first-order valence-corrected chi connectivity index (χ1v) is 9.69. The molecule has 0 saturated carbocycles. The zero-order valence-corrected chi connectivity index (χ0v) is 16.3. The van der Waals surface area contributed by atoms with Gasteiger partial charge in [-0.05, 0) is 48.9 Å². The van der Waals surface area contributed by atoms with Crippen LogP contribution in [0.2, 0.25) is 5.02 Å². The molecule has 6 heteroatoms. The molecule has 0 bridgehead atoms. The zero-order chi connectivity index (χ0) is 19.9. The van der Waals surface area contributed by atoms with E-state index in [4.69, 9.17) is 17.3 Å². The van der Waals surface area contributed by atoms with Gasteiger partial charge in [0.05, 0.1) is 10.7 Å². The van der Waals surface area contributed by atoms with Gasteiger partial charge in [0.1, 0.15) is 11.6 Å². The number of nitrogens with zero attached hydrogens (tertiary/aromatic N) is 2. The van der Waals surface area contributed by atoms with Crippen LogP contribution in [0, 0.1) is 17.2 Å². The molecular weight excluding hydrogens is 372 g/mol. The van der Waals surface area contributed by atoms with Crippen molar-refractivity contribution in [3.8, 4) is 6.07 Å². The maximum atomic E-state index is 12.4. The fourth-order valence-corrected chi connectivity index (χ4v) is 3.54. The van der Waals surface area contributed by atoms with Crippen molar-refractivity contribution < 1.29 is 4.79 Å². The summed E-state index contributed by atoms with van der Waals surface area (Å²) in [6.45, 7) is 1.67. The lowest BCUT2D eigenvalue weighted by molar-refractivity contribution is -0.112. The molecule has 1 amide bonds. The van der Waals surface area contributed by atoms with Gasteiger partial charge in [0, 0.05) is 25.0 Å². The Morgan fingerprint density at radius 3 is 2.61 bits per heavy atom. The Morgan fingerprint density at radius 1 is 1.25 bits per heavy atom. The summed E-state index contributed by atoms with van der Waals surface area (Å²) in [5.41, 5.74) is 8.05. The number of nitrogens with one attached hydrogen (secondary N) is 1. The number of carbonyl (C=O) groups is 1. The van der Waals surface area contributed by atoms with Gasteiger partial charge in [0.25, 0.3) is 5.91 Å². The van der Waals surface area contributed by atoms with E-state index in [-0.39, 0.29) is 5.57 Å². The third-order valence-corrected chi connectivity index (χ3v) is 5.28. The number of amides is 1. The minimum absolute atomic E-state index is 0.0782. The summed E-state index contributed by atoms with van der Waals surface area (Å²) >= 11 is 5.97. The van der Waals surface area contributed by atoms with Crippen LogP contribution >= 0.6 is 11.6 Å². The van der Waals surface area contributed by atoms with Crippen molar-refractivity contribution in [3.63, 3.8) is 0 Å². The van der Waals surface area contributed by atoms with E-state index in [0.717, 1.165) is 32.4 Å². The van der Waals surface area contributed by atoms with Gasteiger partial charge >= 0.3 is 0 Å². The van der Waals surface area contributed by atoms with E-state index in [2.05, 4.69) is 34.5 Å². The van der Waals surface area contributed by atoms with Crippen LogP contribution in [0.5, 0.6) is 0 Å². The average Bonchev–Trinajstić information content (AvgIpc) is 2.71. The van der Waals surface area contributed by atoms with Crippen LogP contribution in [0.1, 0.15) is 18.4 Å². The highest BCUT2D eigenvalue weighted by Gasteiger charge is 2.19. The maximum absolute atomic E-state index is 12.4. The monoisotopic (exact) mass is 394 g/mol. The molecule has 0 unspecified atom stereocenters. The molecule has 0 aromatic heterocycles. The van der Waals surface area contributed by atoms with Crippen LogP contribution in [-0.2, 0) is 11.2 Å². The van der Waals surface area contributed by atoms with E-state index >= 15 is 0 Å². The number of piperidine rings is 1. The Hall–Kier alpha value is -2.97. The van der Waals surface area contributed by atoms with Gasteiger partial charge in [-0.25, -0.2) is 0 Å². The van der Waals surface area contributed by atoms with Crippen LogP contribution < -0.4 is 11.1 Å². The SMILES string of the molecule is N#C/C(=C/N1CCC(Cc2ccccc2)CC1)C(=O)Nc1ccc(N)c(Cl)c1. The predicted molar refractivity (Wildman–Crippen MR) is 113 cm³/mol. The first-order chi connectivity index (χ1) is 13.5. The Balaban J connectivity index is 1.56. The largest absolute Gasteiger partial charge is 0.398 e. The molecule has 1 fully saturated rings. The molecule has 0 radical (unpaired) electrons. The van der Waals surface area contributed by atoms with Gasteiger partial charge in [0.2, 0.25) is 0 Å². The van der Waals surface area contributed by atoms with Gasteiger partial charge in [-0.3, -0.25) is 4.79 Å². The highest BCUT2D eigenvalue weighted by Crippen LogP contribution is 2.24. The fourth-order valence-electron chi connectivity index (χ4n) is 3.36. The van der Waals surface area contributed by atoms with Gasteiger partial charge < -0.3 is 16.0 Å². The Kier molecular flexibility index (Phi) is 6.57. The van der Waals surface area contributed by atoms with E-state index in [1.54, 1.807) is 24.4 Å². The fraction of sp³-hybridized carbons (Fsp3) is 0.273. The molecule has 5 nitrogen and oxygen atoms in total. The highest BCUT2D eigenvalue weighted by atomic mass is 35.5. The van der Waals surface area contributed by atoms with Gasteiger partial charge in [-0.1, -0.05) is 41.9 Å². The van der Waals surface area contributed by atoms with Crippen LogP contribution in [0.3, 0.4) is 0 Å². The molecular formula is C22H23ClN4O. The first kappa shape index (κ1) is 19.8. The Labute approximate surface area is 170 Å². The minimum atomic E-state index is -0.449. The van der Waals surface area contributed by atoms with E-state index in [0.29, 0.717) is 22.3 Å². The molecule has 1 saturated heterocycles. The number of nitrogens with two attached hydrogens (primary N) is 1. The van der Waals surface area contributed by atoms with E-state index in [1.165, 1.54) is 5.56 Å². The van der Waals surface area contributed by atoms with Crippen LogP contribution in [-0.4, -0.2) is 23.9 Å². The van der Waals surface area contributed by atoms with E-state index in [9.17, 15) is 10.1 Å². The number of rotatable bonds is 5. The summed E-state index contributed by atoms with van der Waals surface area (Å²) in [6.07, 6.45) is 4.81. The topological polar surface area (TPSA) is 82.2 Å². The van der Waals surface area contributed by atoms with Crippen LogP contribution in [0.25, 0.3) is 0 Å². The number of hydrogen-bond acceptors (Lipinski definition) is 4. The second kappa shape index (κ2) is 9.29. The standard InChI is InChI=1S/C22H23ClN4O/c23-20-13-19(6-7-21(20)25)26-22(28)18(14-24)15-27-10-8-17(9-11-27)12-16-4-2-1-3-5-16/h1-7,13,15,17H,8-12,25H2,(H,26,28)/b18-15-. The van der Waals surface area contributed by atoms with Crippen molar-refractivity contribution in [2.75, 3.05) is 24.1 Å². The second-order valence-electron chi connectivity index (χ2n) is 7.01. The van der Waals surface area contributed by atoms with Crippen LogP contribution in [0.15, 0.2) is 60.3 Å². The summed E-state index contributed by atoms with van der Waals surface area (Å²) in [7, 11) is 0. The molecule has 3 rings (SSSR count). The number of nitriles is 1. The lowest BCUT2D eigenvalue weighted by Gasteiger charge is -2.31. The minimum Gasteiger partial charge on any atom is -0.398 e. The summed E-state index contributed by atoms with van der Waals surface area (Å²) < 4.78 is 0. The second-order valence-corrected chi connectivity index (χ2v) is 7.42. The lowest BCUT2D eigenvalue weighted by atomic mass is 9.90. The number of likely N-dealkylation sites (tertiary alicyclic amines) is 1. The number of hydrogen-bond donors (Lipinski definition) is 2. The van der Waals surface area contributed by atoms with Crippen molar-refractivity contribution in [3.05, 3.63) is 70.9 Å². The van der Waals surface area contributed by atoms with Crippen LogP contribution in [0.4, 0.5) is 11.4 Å². The number of carbonyl (C=O) groups excluding carboxylic acids is 1. The normalized spacial score (nSPS) is 15.1. The quantitative estimate of drug-likeness (QED) is 0.451. The number of benzene rings is 2. The molecule has 1 aliphatic heterocycles. The van der Waals surface area contributed by atoms with Crippen molar-refractivity contribution in [2.45, 2.75) is 19.3 Å². The van der Waals surface area contributed by atoms with Gasteiger partial charge in [-0.2, -0.15) is 5.26 Å². The van der Waals surface area contributed by atoms with Crippen molar-refractivity contribution in [2.24, 2.45) is 5.92 Å². The van der Waals surface area contributed by atoms with E-state index in [1.807, 2.05) is 12.1 Å². The molecule has 2 aromatic carbocycles. The summed E-state index contributed by atoms with van der Waals surface area (Å²) in [5.74, 6) is 0.179. The smallest absolute Gasteiger partial charge is 0.267 e. The molecule has 2 aromatic rings. The summed E-state index contributed by atoms with van der Waals surface area (Å²) in [6, 6.07) is 17.3. The third-order valence-electron chi connectivity index (χ3n) is 4.95.